The molecule has 1 aromatic heterocycles. The maximum absolute atomic E-state index is 12.8. The minimum Gasteiger partial charge on any atom is -0.358 e. The molecule has 0 unspecified atom stereocenters. The molecule has 1 saturated heterocycles. The lowest BCUT2D eigenvalue weighted by Crippen LogP contribution is -2.41. The third-order valence-electron chi connectivity index (χ3n) is 6.03. The predicted molar refractivity (Wildman–Crippen MR) is 107 cm³/mol. The van der Waals surface area contributed by atoms with Crippen molar-refractivity contribution in [2.24, 2.45) is 13.0 Å². The molecule has 3 heterocycles. The molecule has 4 rings (SSSR count). The largest absolute Gasteiger partial charge is 0.358 e. The lowest BCUT2D eigenvalue weighted by atomic mass is 9.92. The molecular weight excluding hydrogens is 356 g/mol. The topological polar surface area (TPSA) is 78.4 Å². The van der Waals surface area contributed by atoms with Crippen molar-refractivity contribution in [1.29, 1.82) is 0 Å². The van der Waals surface area contributed by atoms with Gasteiger partial charge in [-0.05, 0) is 36.3 Å². The fourth-order valence-corrected chi connectivity index (χ4v) is 4.18. The maximum atomic E-state index is 12.8. The summed E-state index contributed by atoms with van der Waals surface area (Å²) in [6, 6.07) is 9.81. The molecule has 7 nitrogen and oxygen atoms in total. The summed E-state index contributed by atoms with van der Waals surface area (Å²) < 4.78 is 1.06. The van der Waals surface area contributed by atoms with Gasteiger partial charge < -0.3 is 9.80 Å². The summed E-state index contributed by atoms with van der Waals surface area (Å²) in [6.07, 6.45) is 3.26. The Morgan fingerprint density at radius 1 is 1.11 bits per heavy atom. The number of amides is 1. The predicted octanol–water partition coefficient (Wildman–Crippen LogP) is 1.26. The Hall–Kier alpha value is -2.83. The summed E-state index contributed by atoms with van der Waals surface area (Å²) in [5.41, 5.74) is 1.90. The Balaban J connectivity index is 1.33. The van der Waals surface area contributed by atoms with Crippen LogP contribution in [0.15, 0.2) is 39.9 Å². The second kappa shape index (κ2) is 7.66. The number of benzene rings is 1. The average Bonchev–Trinajstić information content (AvgIpc) is 2.72. The number of rotatable bonds is 3. The third-order valence-corrected chi connectivity index (χ3v) is 6.03. The number of H-pyrrole nitrogens is 1. The molecule has 148 valence electrons. The first-order chi connectivity index (χ1) is 13.5. The molecular formula is C21H26N4O3. The molecule has 2 aliphatic heterocycles. The van der Waals surface area contributed by atoms with E-state index in [1.165, 1.54) is 24.2 Å². The number of aromatic nitrogens is 2. The van der Waals surface area contributed by atoms with Crippen molar-refractivity contribution >= 4 is 11.7 Å². The van der Waals surface area contributed by atoms with Crippen LogP contribution in [0, 0.1) is 5.92 Å². The standard InChI is InChI=1S/C21H26N4O3/c1-23-19(26)13-18(22-21(23)28)24-9-6-15(7-10-24)12-20(27)25-11-8-16-4-2-3-5-17(16)14-25/h2-5,13,15H,6-12,14H2,1H3,(H,22,28). The van der Waals surface area contributed by atoms with E-state index in [1.54, 1.807) is 0 Å². The SMILES string of the molecule is Cn1c(=O)cc(N2CCC(CC(=O)N3CCc4ccccc4C3)CC2)[nH]c1=O. The molecule has 0 spiro atoms. The second-order valence-corrected chi connectivity index (χ2v) is 7.83. The highest BCUT2D eigenvalue weighted by molar-refractivity contribution is 5.76. The van der Waals surface area contributed by atoms with Crippen molar-refractivity contribution in [3.8, 4) is 0 Å². The van der Waals surface area contributed by atoms with Crippen LogP contribution in [0.25, 0.3) is 0 Å². The number of aromatic amines is 1. The number of piperidine rings is 1. The van der Waals surface area contributed by atoms with Crippen LogP contribution in [0.5, 0.6) is 0 Å². The van der Waals surface area contributed by atoms with Gasteiger partial charge in [0.15, 0.2) is 0 Å². The van der Waals surface area contributed by atoms with E-state index < -0.39 is 5.69 Å². The Bertz CT molecular complexity index is 954. The summed E-state index contributed by atoms with van der Waals surface area (Å²) in [5, 5.41) is 0. The molecule has 2 aromatic rings. The molecule has 1 fully saturated rings. The highest BCUT2D eigenvalue weighted by Crippen LogP contribution is 2.25. The van der Waals surface area contributed by atoms with Gasteiger partial charge in [0.25, 0.3) is 5.56 Å². The van der Waals surface area contributed by atoms with Crippen LogP contribution in [-0.4, -0.2) is 40.0 Å². The molecule has 1 N–H and O–H groups in total. The first-order valence-electron chi connectivity index (χ1n) is 9.91. The van der Waals surface area contributed by atoms with Crippen molar-refractivity contribution in [2.75, 3.05) is 24.5 Å². The number of hydrogen-bond acceptors (Lipinski definition) is 4. The van der Waals surface area contributed by atoms with E-state index >= 15 is 0 Å². The van der Waals surface area contributed by atoms with Crippen LogP contribution >= 0.6 is 0 Å². The Morgan fingerprint density at radius 2 is 1.82 bits per heavy atom. The molecule has 7 heteroatoms. The van der Waals surface area contributed by atoms with Gasteiger partial charge in [0.1, 0.15) is 5.82 Å². The zero-order valence-electron chi connectivity index (χ0n) is 16.2. The average molecular weight is 382 g/mol. The van der Waals surface area contributed by atoms with Gasteiger partial charge in [-0.15, -0.1) is 0 Å². The molecule has 1 amide bonds. The van der Waals surface area contributed by atoms with E-state index in [2.05, 4.69) is 23.2 Å². The minimum atomic E-state index is -0.398. The number of anilines is 1. The zero-order chi connectivity index (χ0) is 19.7. The van der Waals surface area contributed by atoms with Crippen LogP contribution < -0.4 is 16.1 Å². The highest BCUT2D eigenvalue weighted by atomic mass is 16.2. The first-order valence-corrected chi connectivity index (χ1v) is 9.91. The highest BCUT2D eigenvalue weighted by Gasteiger charge is 2.26. The minimum absolute atomic E-state index is 0.231. The number of hydrogen-bond donors (Lipinski definition) is 1. The maximum Gasteiger partial charge on any atom is 0.329 e. The van der Waals surface area contributed by atoms with Crippen molar-refractivity contribution in [1.82, 2.24) is 14.5 Å². The van der Waals surface area contributed by atoms with E-state index in [9.17, 15) is 14.4 Å². The quantitative estimate of drug-likeness (QED) is 0.867. The van der Waals surface area contributed by atoms with Gasteiger partial charge in [0, 0.05) is 45.7 Å². The summed E-state index contributed by atoms with van der Waals surface area (Å²) in [4.78, 5) is 43.2. The van der Waals surface area contributed by atoms with Crippen molar-refractivity contribution in [3.05, 3.63) is 62.3 Å². The molecule has 0 radical (unpaired) electrons. The van der Waals surface area contributed by atoms with Gasteiger partial charge in [-0.1, -0.05) is 24.3 Å². The number of carbonyl (C=O) groups excluding carboxylic acids is 1. The van der Waals surface area contributed by atoms with E-state index in [0.717, 1.165) is 43.5 Å². The second-order valence-electron chi connectivity index (χ2n) is 7.83. The number of carbonyl (C=O) groups is 1. The zero-order valence-corrected chi connectivity index (χ0v) is 16.2. The number of nitrogens with zero attached hydrogens (tertiary/aromatic N) is 3. The fraction of sp³-hybridized carbons (Fsp3) is 0.476. The van der Waals surface area contributed by atoms with E-state index in [-0.39, 0.29) is 11.5 Å². The van der Waals surface area contributed by atoms with Crippen molar-refractivity contribution in [3.63, 3.8) is 0 Å². The number of fused-ring (bicyclic) bond motifs is 1. The summed E-state index contributed by atoms with van der Waals surface area (Å²) in [5.74, 6) is 1.15. The van der Waals surface area contributed by atoms with Gasteiger partial charge in [-0.2, -0.15) is 0 Å². The van der Waals surface area contributed by atoms with Gasteiger partial charge in [0.2, 0.25) is 5.91 Å². The monoisotopic (exact) mass is 382 g/mol. The van der Waals surface area contributed by atoms with E-state index in [4.69, 9.17) is 0 Å². The summed E-state index contributed by atoms with van der Waals surface area (Å²) in [6.45, 7) is 2.99. The van der Waals surface area contributed by atoms with Crippen LogP contribution in [0.1, 0.15) is 30.4 Å². The van der Waals surface area contributed by atoms with Crippen LogP contribution in [-0.2, 0) is 24.8 Å². The fourth-order valence-electron chi connectivity index (χ4n) is 4.18. The lowest BCUT2D eigenvalue weighted by Gasteiger charge is -2.34. The van der Waals surface area contributed by atoms with Crippen molar-refractivity contribution in [2.45, 2.75) is 32.2 Å². The number of nitrogens with one attached hydrogen (secondary N) is 1. The third kappa shape index (κ3) is 3.74. The molecule has 1 aromatic carbocycles. The van der Waals surface area contributed by atoms with E-state index in [0.29, 0.717) is 24.7 Å². The van der Waals surface area contributed by atoms with Crippen LogP contribution in [0.4, 0.5) is 5.82 Å². The van der Waals surface area contributed by atoms with E-state index in [1.807, 2.05) is 15.9 Å². The van der Waals surface area contributed by atoms with Crippen LogP contribution in [0.3, 0.4) is 0 Å². The Kier molecular flexibility index (Phi) is 5.07. The smallest absolute Gasteiger partial charge is 0.329 e. The van der Waals surface area contributed by atoms with Gasteiger partial charge in [-0.3, -0.25) is 19.1 Å². The summed E-state index contributed by atoms with van der Waals surface area (Å²) in [7, 11) is 1.46. The molecule has 0 atom stereocenters. The molecule has 2 aliphatic rings. The van der Waals surface area contributed by atoms with Gasteiger partial charge in [0.05, 0.1) is 0 Å². The molecule has 0 saturated carbocycles. The molecule has 0 bridgehead atoms. The first kappa shape index (κ1) is 18.5. The van der Waals surface area contributed by atoms with Gasteiger partial charge in [-0.25, -0.2) is 4.79 Å². The van der Waals surface area contributed by atoms with Gasteiger partial charge >= 0.3 is 5.69 Å². The van der Waals surface area contributed by atoms with Crippen LogP contribution in [0.2, 0.25) is 0 Å². The Labute approximate surface area is 163 Å². The lowest BCUT2D eigenvalue weighted by molar-refractivity contribution is -0.133. The van der Waals surface area contributed by atoms with Crippen molar-refractivity contribution < 1.29 is 4.79 Å². The molecule has 0 aliphatic carbocycles. The summed E-state index contributed by atoms with van der Waals surface area (Å²) >= 11 is 0. The Morgan fingerprint density at radius 3 is 2.54 bits per heavy atom. The molecule has 28 heavy (non-hydrogen) atoms. The normalized spacial score (nSPS) is 17.5.